The highest BCUT2D eigenvalue weighted by Crippen LogP contribution is 2.39. The van der Waals surface area contributed by atoms with Crippen molar-refractivity contribution in [3.63, 3.8) is 0 Å². The molecule has 20 heavy (non-hydrogen) atoms. The molecule has 0 unspecified atom stereocenters. The predicted octanol–water partition coefficient (Wildman–Crippen LogP) is 2.73. The summed E-state index contributed by atoms with van der Waals surface area (Å²) >= 11 is 0. The van der Waals surface area contributed by atoms with Gasteiger partial charge in [-0.25, -0.2) is 0 Å². The molecule has 0 bridgehead atoms. The Labute approximate surface area is 116 Å². The minimum Gasteiger partial charge on any atom is -0.496 e. The highest BCUT2D eigenvalue weighted by Gasteiger charge is 2.28. The number of ether oxygens (including phenoxy) is 1. The minimum absolute atomic E-state index is 0.190. The van der Waals surface area contributed by atoms with Gasteiger partial charge >= 0.3 is 0 Å². The van der Waals surface area contributed by atoms with Gasteiger partial charge in [-0.15, -0.1) is 0 Å². The van der Waals surface area contributed by atoms with Gasteiger partial charge in [0.1, 0.15) is 17.4 Å². The fourth-order valence-electron chi connectivity index (χ4n) is 2.41. The first-order chi connectivity index (χ1) is 9.76. The monoisotopic (exact) mass is 266 g/mol. The Balaban J connectivity index is 2.27. The van der Waals surface area contributed by atoms with Gasteiger partial charge in [0.15, 0.2) is 0 Å². The van der Waals surface area contributed by atoms with Gasteiger partial charge in [0.2, 0.25) is 0 Å². The number of nitriles is 1. The van der Waals surface area contributed by atoms with E-state index in [2.05, 4.69) is 0 Å². The van der Waals surface area contributed by atoms with E-state index in [4.69, 9.17) is 10.00 Å². The van der Waals surface area contributed by atoms with E-state index >= 15 is 0 Å². The first-order valence-corrected chi connectivity index (χ1v) is 6.55. The van der Waals surface area contributed by atoms with Crippen LogP contribution < -0.4 is 10.3 Å². The quantitative estimate of drug-likeness (QED) is 0.858. The molecule has 0 aliphatic heterocycles. The van der Waals surface area contributed by atoms with E-state index in [9.17, 15) is 4.79 Å². The van der Waals surface area contributed by atoms with Crippen molar-refractivity contribution >= 4 is 0 Å². The van der Waals surface area contributed by atoms with E-state index in [-0.39, 0.29) is 17.2 Å². The molecule has 0 spiro atoms. The van der Waals surface area contributed by atoms with Crippen LogP contribution in [0.5, 0.6) is 5.75 Å². The predicted molar refractivity (Wildman–Crippen MR) is 75.7 cm³/mol. The van der Waals surface area contributed by atoms with E-state index in [0.717, 1.165) is 29.8 Å². The summed E-state index contributed by atoms with van der Waals surface area (Å²) < 4.78 is 7.10. The van der Waals surface area contributed by atoms with Gasteiger partial charge in [0.05, 0.1) is 12.8 Å². The molecule has 0 saturated heterocycles. The highest BCUT2D eigenvalue weighted by atomic mass is 16.5. The van der Waals surface area contributed by atoms with Crippen LogP contribution in [0.4, 0.5) is 0 Å². The topological polar surface area (TPSA) is 55.0 Å². The maximum atomic E-state index is 12.4. The summed E-state index contributed by atoms with van der Waals surface area (Å²) in [4.78, 5) is 12.4. The molecule has 0 radical (unpaired) electrons. The number of aromatic nitrogens is 1. The molecular formula is C16H14N2O2. The molecule has 1 aromatic carbocycles. The SMILES string of the molecule is COc1ccccc1-c1ccc(C#N)c(=O)n1C1CC1. The van der Waals surface area contributed by atoms with Gasteiger partial charge < -0.3 is 9.30 Å². The average molecular weight is 266 g/mol. The summed E-state index contributed by atoms with van der Waals surface area (Å²) in [5.74, 6) is 0.728. The molecule has 1 saturated carbocycles. The third-order valence-electron chi connectivity index (χ3n) is 3.53. The summed E-state index contributed by atoms with van der Waals surface area (Å²) in [6.45, 7) is 0. The molecule has 0 N–H and O–H groups in total. The van der Waals surface area contributed by atoms with Crippen molar-refractivity contribution in [1.29, 1.82) is 5.26 Å². The van der Waals surface area contributed by atoms with Gasteiger partial charge in [-0.3, -0.25) is 4.79 Å². The zero-order chi connectivity index (χ0) is 14.1. The molecule has 1 fully saturated rings. The number of pyridine rings is 1. The van der Waals surface area contributed by atoms with Crippen LogP contribution in [-0.4, -0.2) is 11.7 Å². The van der Waals surface area contributed by atoms with E-state index in [1.807, 2.05) is 36.4 Å². The summed E-state index contributed by atoms with van der Waals surface area (Å²) in [5, 5.41) is 9.02. The summed E-state index contributed by atoms with van der Waals surface area (Å²) in [6, 6.07) is 13.2. The second-order valence-electron chi connectivity index (χ2n) is 4.85. The Bertz CT molecular complexity index is 752. The molecule has 2 aromatic rings. The lowest BCUT2D eigenvalue weighted by atomic mass is 10.1. The fourth-order valence-corrected chi connectivity index (χ4v) is 2.41. The number of hydrogen-bond acceptors (Lipinski definition) is 3. The molecule has 4 heteroatoms. The van der Waals surface area contributed by atoms with Crippen molar-refractivity contribution < 1.29 is 4.74 Å². The van der Waals surface area contributed by atoms with Crippen LogP contribution >= 0.6 is 0 Å². The van der Waals surface area contributed by atoms with Crippen molar-refractivity contribution in [2.75, 3.05) is 7.11 Å². The molecule has 0 amide bonds. The number of rotatable bonds is 3. The highest BCUT2D eigenvalue weighted by molar-refractivity contribution is 5.68. The van der Waals surface area contributed by atoms with Gasteiger partial charge in [-0.05, 0) is 37.1 Å². The van der Waals surface area contributed by atoms with Gasteiger partial charge in [0, 0.05) is 11.6 Å². The standard InChI is InChI=1S/C16H14N2O2/c1-20-15-5-3-2-4-13(15)14-9-6-11(10-17)16(19)18(14)12-7-8-12/h2-6,9,12H,7-8H2,1H3. The summed E-state index contributed by atoms with van der Waals surface area (Å²) in [7, 11) is 1.61. The Morgan fingerprint density at radius 3 is 2.65 bits per heavy atom. The Morgan fingerprint density at radius 1 is 1.25 bits per heavy atom. The van der Waals surface area contributed by atoms with Crippen LogP contribution in [-0.2, 0) is 0 Å². The molecule has 1 heterocycles. The number of hydrogen-bond donors (Lipinski definition) is 0. The smallest absolute Gasteiger partial charge is 0.269 e. The van der Waals surface area contributed by atoms with E-state index in [1.54, 1.807) is 17.7 Å². The lowest BCUT2D eigenvalue weighted by Crippen LogP contribution is -2.23. The number of methoxy groups -OCH3 is 1. The van der Waals surface area contributed by atoms with E-state index < -0.39 is 0 Å². The van der Waals surface area contributed by atoms with Crippen LogP contribution in [0.25, 0.3) is 11.3 Å². The molecule has 0 atom stereocenters. The first-order valence-electron chi connectivity index (χ1n) is 6.55. The zero-order valence-electron chi connectivity index (χ0n) is 11.2. The molecule has 4 nitrogen and oxygen atoms in total. The van der Waals surface area contributed by atoms with E-state index in [1.165, 1.54) is 0 Å². The fraction of sp³-hybridized carbons (Fsp3) is 0.250. The Hall–Kier alpha value is -2.54. The van der Waals surface area contributed by atoms with Crippen molar-refractivity contribution in [1.82, 2.24) is 4.57 Å². The maximum absolute atomic E-state index is 12.4. The molecule has 1 aliphatic rings. The van der Waals surface area contributed by atoms with Crippen molar-refractivity contribution in [2.24, 2.45) is 0 Å². The normalized spacial score (nSPS) is 13.8. The number of nitrogens with zero attached hydrogens (tertiary/aromatic N) is 2. The molecule has 1 aliphatic carbocycles. The van der Waals surface area contributed by atoms with Gasteiger partial charge in [-0.1, -0.05) is 12.1 Å². The van der Waals surface area contributed by atoms with Gasteiger partial charge in [-0.2, -0.15) is 5.26 Å². The summed E-state index contributed by atoms with van der Waals surface area (Å²) in [5.41, 5.74) is 1.67. The van der Waals surface area contributed by atoms with Crippen molar-refractivity contribution in [3.8, 4) is 23.1 Å². The lowest BCUT2D eigenvalue weighted by Gasteiger charge is -2.15. The van der Waals surface area contributed by atoms with Crippen LogP contribution in [0, 0.1) is 11.3 Å². The maximum Gasteiger partial charge on any atom is 0.269 e. The zero-order valence-corrected chi connectivity index (χ0v) is 11.2. The Morgan fingerprint density at radius 2 is 2.00 bits per heavy atom. The first kappa shape index (κ1) is 12.5. The average Bonchev–Trinajstić information content (AvgIpc) is 3.31. The van der Waals surface area contributed by atoms with Crippen LogP contribution in [0.1, 0.15) is 24.4 Å². The molecule has 100 valence electrons. The number of benzene rings is 1. The third-order valence-corrected chi connectivity index (χ3v) is 3.53. The second-order valence-corrected chi connectivity index (χ2v) is 4.85. The van der Waals surface area contributed by atoms with Crippen molar-refractivity contribution in [2.45, 2.75) is 18.9 Å². The molecule has 3 rings (SSSR count). The molecular weight excluding hydrogens is 252 g/mol. The van der Waals surface area contributed by atoms with Crippen LogP contribution in [0.3, 0.4) is 0 Å². The molecule has 1 aromatic heterocycles. The van der Waals surface area contributed by atoms with E-state index in [0.29, 0.717) is 0 Å². The minimum atomic E-state index is -0.210. The lowest BCUT2D eigenvalue weighted by molar-refractivity contribution is 0.416. The number of para-hydroxylation sites is 1. The second kappa shape index (κ2) is 4.86. The van der Waals surface area contributed by atoms with Crippen LogP contribution in [0.2, 0.25) is 0 Å². The largest absolute Gasteiger partial charge is 0.496 e. The van der Waals surface area contributed by atoms with Crippen LogP contribution in [0.15, 0.2) is 41.2 Å². The Kier molecular flexibility index (Phi) is 3.03. The third kappa shape index (κ3) is 1.97. The van der Waals surface area contributed by atoms with Gasteiger partial charge in [0.25, 0.3) is 5.56 Å². The van der Waals surface area contributed by atoms with Crippen molar-refractivity contribution in [3.05, 3.63) is 52.3 Å². The summed E-state index contributed by atoms with van der Waals surface area (Å²) in [6.07, 6.45) is 1.97.